The van der Waals surface area contributed by atoms with Crippen molar-refractivity contribution in [2.75, 3.05) is 19.4 Å². The van der Waals surface area contributed by atoms with Crippen LogP contribution in [0.2, 0.25) is 0 Å². The largest absolute Gasteiger partial charge is 0.335 e. The second-order valence-corrected chi connectivity index (χ2v) is 11.2. The maximum Gasteiger partial charge on any atom is 0.335 e. The topological polar surface area (TPSA) is 69.7 Å². The molecule has 0 aliphatic carbocycles. The fourth-order valence-corrected chi connectivity index (χ4v) is 6.75. The van der Waals surface area contributed by atoms with Crippen molar-refractivity contribution < 1.29 is 22.0 Å². The second kappa shape index (κ2) is 6.75. The summed E-state index contributed by atoms with van der Waals surface area (Å²) < 4.78 is 49.6. The van der Waals surface area contributed by atoms with Crippen molar-refractivity contribution in [2.45, 2.75) is 39.5 Å². The average Bonchev–Trinajstić information content (AvgIpc) is 2.49. The fourth-order valence-electron chi connectivity index (χ4n) is 2.26. The van der Waals surface area contributed by atoms with E-state index in [1.54, 1.807) is 38.1 Å². The lowest BCUT2D eigenvalue weighted by Gasteiger charge is -2.34. The minimum absolute atomic E-state index is 0.106. The molecule has 1 aliphatic rings. The van der Waals surface area contributed by atoms with Gasteiger partial charge in [-0.1, -0.05) is 37.1 Å². The van der Waals surface area contributed by atoms with E-state index in [0.717, 1.165) is 5.56 Å². The summed E-state index contributed by atoms with van der Waals surface area (Å²) in [5.41, 5.74) is 1.33. The van der Waals surface area contributed by atoms with Crippen molar-refractivity contribution in [2.24, 2.45) is 5.41 Å². The van der Waals surface area contributed by atoms with Crippen molar-refractivity contribution >= 4 is 17.4 Å². The normalized spacial score (nSPS) is 19.7. The first-order chi connectivity index (χ1) is 11.0. The molecule has 0 aromatic heterocycles. The third-order valence-corrected chi connectivity index (χ3v) is 7.91. The lowest BCUT2D eigenvalue weighted by molar-refractivity contribution is 0.0424. The summed E-state index contributed by atoms with van der Waals surface area (Å²) in [6.45, 7) is 9.74. The van der Waals surface area contributed by atoms with Crippen LogP contribution in [0, 0.1) is 12.3 Å². The molecule has 2 rings (SSSR count). The number of sulfone groups is 1. The van der Waals surface area contributed by atoms with Gasteiger partial charge >= 0.3 is 7.60 Å². The minimum Gasteiger partial charge on any atom is -0.308 e. The van der Waals surface area contributed by atoms with Crippen molar-refractivity contribution in [1.82, 2.24) is 0 Å². The molecule has 7 heteroatoms. The first-order valence-electron chi connectivity index (χ1n) is 7.81. The van der Waals surface area contributed by atoms with Crippen LogP contribution < -0.4 is 0 Å². The first-order valence-corrected chi connectivity index (χ1v) is 11.0. The Balaban J connectivity index is 2.33. The smallest absolute Gasteiger partial charge is 0.308 e. The molecule has 1 heterocycles. The zero-order valence-electron chi connectivity index (χ0n) is 14.8. The third kappa shape index (κ3) is 4.37. The molecule has 134 valence electrons. The van der Waals surface area contributed by atoms with Crippen molar-refractivity contribution in [3.63, 3.8) is 0 Å². The third-order valence-electron chi connectivity index (χ3n) is 3.85. The number of allylic oxidation sites excluding steroid dienone is 2. The predicted octanol–water partition coefficient (Wildman–Crippen LogP) is 4.33. The van der Waals surface area contributed by atoms with E-state index in [1.165, 1.54) is 0 Å². The van der Waals surface area contributed by atoms with E-state index in [1.807, 2.05) is 20.8 Å². The summed E-state index contributed by atoms with van der Waals surface area (Å²) in [4.78, 5) is 0.294. The monoisotopic (exact) mass is 372 g/mol. The molecule has 0 spiro atoms. The van der Waals surface area contributed by atoms with Gasteiger partial charge in [-0.3, -0.25) is 4.57 Å². The summed E-state index contributed by atoms with van der Waals surface area (Å²) in [6.07, 6.45) is -0.235. The molecule has 0 N–H and O–H groups in total. The quantitative estimate of drug-likeness (QED) is 0.736. The predicted molar refractivity (Wildman–Crippen MR) is 94.9 cm³/mol. The van der Waals surface area contributed by atoms with Crippen LogP contribution in [0.4, 0.5) is 0 Å². The van der Waals surface area contributed by atoms with Gasteiger partial charge in [-0.2, -0.15) is 0 Å². The molecule has 0 atom stereocenters. The Bertz CT molecular complexity index is 773. The SMILES string of the molecule is CC(C)=C(CP1(=O)OCC(C)(C)CO1)S(=O)(=O)c1ccc(C)cc1. The van der Waals surface area contributed by atoms with Gasteiger partial charge in [0.15, 0.2) is 0 Å². The number of benzene rings is 1. The molecule has 24 heavy (non-hydrogen) atoms. The summed E-state index contributed by atoms with van der Waals surface area (Å²) in [6, 6.07) is 6.62. The van der Waals surface area contributed by atoms with E-state index < -0.39 is 17.4 Å². The fraction of sp³-hybridized carbons (Fsp3) is 0.529. The van der Waals surface area contributed by atoms with Gasteiger partial charge in [0, 0.05) is 5.41 Å². The molecule has 1 aromatic rings. The van der Waals surface area contributed by atoms with Gasteiger partial charge in [-0.05, 0) is 32.9 Å². The van der Waals surface area contributed by atoms with E-state index >= 15 is 0 Å². The molecule has 0 amide bonds. The highest BCUT2D eigenvalue weighted by molar-refractivity contribution is 7.95. The molecular formula is C17H25O5PS. The van der Waals surface area contributed by atoms with E-state index in [0.29, 0.717) is 5.57 Å². The van der Waals surface area contributed by atoms with E-state index in [-0.39, 0.29) is 34.6 Å². The number of aryl methyl sites for hydroxylation is 1. The molecule has 0 unspecified atom stereocenters. The van der Waals surface area contributed by atoms with Gasteiger partial charge in [-0.15, -0.1) is 0 Å². The Hall–Kier alpha value is -0.940. The van der Waals surface area contributed by atoms with Gasteiger partial charge in [0.25, 0.3) is 0 Å². The number of hydrogen-bond donors (Lipinski definition) is 0. The highest BCUT2D eigenvalue weighted by atomic mass is 32.2. The summed E-state index contributed by atoms with van der Waals surface area (Å²) >= 11 is 0. The zero-order chi connectivity index (χ0) is 18.2. The van der Waals surface area contributed by atoms with Crippen molar-refractivity contribution in [3.8, 4) is 0 Å². The Labute approximate surface area is 144 Å². The van der Waals surface area contributed by atoms with E-state index in [2.05, 4.69) is 0 Å². The van der Waals surface area contributed by atoms with Crippen LogP contribution in [0.1, 0.15) is 33.3 Å². The highest BCUT2D eigenvalue weighted by Gasteiger charge is 2.39. The van der Waals surface area contributed by atoms with Crippen molar-refractivity contribution in [3.05, 3.63) is 40.3 Å². The molecule has 0 bridgehead atoms. The van der Waals surface area contributed by atoms with Gasteiger partial charge in [0.1, 0.15) is 0 Å². The lowest BCUT2D eigenvalue weighted by Crippen LogP contribution is -2.30. The average molecular weight is 372 g/mol. The Morgan fingerprint density at radius 1 is 1.12 bits per heavy atom. The standard InChI is InChI=1S/C17H25O5PS/c1-13(2)16(10-23(18)21-11-17(4,5)12-22-23)24(19,20)15-8-6-14(3)7-9-15/h6-9H,10-12H2,1-5H3. The van der Waals surface area contributed by atoms with Gasteiger partial charge in [-0.25, -0.2) is 8.42 Å². The van der Waals surface area contributed by atoms with Crippen molar-refractivity contribution in [1.29, 1.82) is 0 Å². The van der Waals surface area contributed by atoms with E-state index in [9.17, 15) is 13.0 Å². The van der Waals surface area contributed by atoms with E-state index in [4.69, 9.17) is 9.05 Å². The van der Waals surface area contributed by atoms with Crippen LogP contribution in [0.25, 0.3) is 0 Å². The molecule has 0 saturated carbocycles. The molecule has 5 nitrogen and oxygen atoms in total. The number of hydrogen-bond acceptors (Lipinski definition) is 5. The molecule has 0 radical (unpaired) electrons. The Kier molecular flexibility index (Phi) is 5.46. The molecule has 1 fully saturated rings. The van der Waals surface area contributed by atoms with Gasteiger partial charge < -0.3 is 9.05 Å². The Morgan fingerprint density at radius 3 is 2.08 bits per heavy atom. The summed E-state index contributed by atoms with van der Waals surface area (Å²) in [5, 5.41) is 0. The lowest BCUT2D eigenvalue weighted by atomic mass is 9.97. The number of rotatable bonds is 4. The zero-order valence-corrected chi connectivity index (χ0v) is 16.5. The maximum atomic E-state index is 12.9. The highest BCUT2D eigenvalue weighted by Crippen LogP contribution is 2.55. The van der Waals surface area contributed by atoms with Crippen LogP contribution in [-0.4, -0.2) is 27.8 Å². The molecular weight excluding hydrogens is 347 g/mol. The molecule has 1 aliphatic heterocycles. The van der Waals surface area contributed by atoms with Crippen LogP contribution in [-0.2, 0) is 23.4 Å². The van der Waals surface area contributed by atoms with Gasteiger partial charge in [0.05, 0.1) is 29.2 Å². The summed E-state index contributed by atoms with van der Waals surface area (Å²) in [7, 11) is -7.20. The summed E-state index contributed by atoms with van der Waals surface area (Å²) in [5.74, 6) is 0. The minimum atomic E-state index is -3.74. The first kappa shape index (κ1) is 19.4. The van der Waals surface area contributed by atoms with Crippen LogP contribution >= 0.6 is 7.60 Å². The molecule has 1 saturated heterocycles. The van der Waals surface area contributed by atoms with Crippen LogP contribution in [0.15, 0.2) is 39.6 Å². The molecule has 1 aromatic carbocycles. The second-order valence-electron chi connectivity index (χ2n) is 7.22. The van der Waals surface area contributed by atoms with Crippen LogP contribution in [0.5, 0.6) is 0 Å². The van der Waals surface area contributed by atoms with Gasteiger partial charge in [0.2, 0.25) is 9.84 Å². The van der Waals surface area contributed by atoms with Crippen LogP contribution in [0.3, 0.4) is 0 Å². The maximum absolute atomic E-state index is 12.9. The Morgan fingerprint density at radius 2 is 1.62 bits per heavy atom.